The Labute approximate surface area is 120 Å². The molecule has 2 N–H and O–H groups in total. The molecule has 0 radical (unpaired) electrons. The van der Waals surface area contributed by atoms with Crippen molar-refractivity contribution in [2.75, 3.05) is 5.32 Å². The lowest BCUT2D eigenvalue weighted by molar-refractivity contribution is -0.383. The van der Waals surface area contributed by atoms with Crippen LogP contribution in [0.15, 0.2) is 18.2 Å². The molecule has 2 saturated heterocycles. The number of rotatable bonds is 3. The molecule has 1 aromatic carbocycles. The highest BCUT2D eigenvalue weighted by Gasteiger charge is 2.43. The summed E-state index contributed by atoms with van der Waals surface area (Å²) in [5.41, 5.74) is 0.0224. The number of anilines is 1. The van der Waals surface area contributed by atoms with Crippen LogP contribution in [0.4, 0.5) is 11.4 Å². The molecule has 0 saturated carbocycles. The fourth-order valence-corrected chi connectivity index (χ4v) is 3.27. The number of carbonyl (C=O) groups excluding carboxylic acids is 1. The number of halogens is 1. The monoisotopic (exact) mass is 295 g/mol. The maximum absolute atomic E-state index is 12.3. The summed E-state index contributed by atoms with van der Waals surface area (Å²) in [6, 6.07) is 4.86. The van der Waals surface area contributed by atoms with Gasteiger partial charge in [0.2, 0.25) is 5.91 Å². The van der Waals surface area contributed by atoms with Crippen molar-refractivity contribution in [1.82, 2.24) is 5.32 Å². The predicted octanol–water partition coefficient (Wildman–Crippen LogP) is 2.33. The van der Waals surface area contributed by atoms with Crippen LogP contribution in [0.25, 0.3) is 0 Å². The average Bonchev–Trinajstić information content (AvgIpc) is 3.03. The lowest BCUT2D eigenvalue weighted by Crippen LogP contribution is -2.33. The molecule has 0 aliphatic carbocycles. The summed E-state index contributed by atoms with van der Waals surface area (Å²) in [6.45, 7) is 0. The number of nitro groups is 1. The van der Waals surface area contributed by atoms with Gasteiger partial charge in [0.1, 0.15) is 5.69 Å². The van der Waals surface area contributed by atoms with Gasteiger partial charge in [0.05, 0.1) is 10.8 Å². The topological polar surface area (TPSA) is 84.3 Å². The first-order chi connectivity index (χ1) is 9.54. The van der Waals surface area contributed by atoms with Crippen LogP contribution in [0.3, 0.4) is 0 Å². The van der Waals surface area contributed by atoms with Gasteiger partial charge in [0.25, 0.3) is 5.69 Å². The lowest BCUT2D eigenvalue weighted by atomic mass is 9.88. The van der Waals surface area contributed by atoms with Gasteiger partial charge in [-0.2, -0.15) is 0 Å². The summed E-state index contributed by atoms with van der Waals surface area (Å²) in [4.78, 5) is 22.7. The van der Waals surface area contributed by atoms with Crippen LogP contribution in [-0.4, -0.2) is 22.9 Å². The second-order valence-electron chi connectivity index (χ2n) is 5.30. The van der Waals surface area contributed by atoms with E-state index in [-0.39, 0.29) is 34.3 Å². The molecule has 0 aromatic heterocycles. The van der Waals surface area contributed by atoms with E-state index in [0.29, 0.717) is 6.04 Å². The van der Waals surface area contributed by atoms with E-state index >= 15 is 0 Å². The van der Waals surface area contributed by atoms with Gasteiger partial charge in [-0.25, -0.2) is 0 Å². The fourth-order valence-electron chi connectivity index (χ4n) is 3.10. The molecule has 2 aliphatic rings. The minimum Gasteiger partial charge on any atom is -0.320 e. The Morgan fingerprint density at radius 3 is 2.85 bits per heavy atom. The average molecular weight is 296 g/mol. The molecular formula is C13H14ClN3O3. The Hall–Kier alpha value is -1.66. The SMILES string of the molecule is O=C(Nc1ccc(Cl)cc1[N+](=O)[O-])C1CC2CCC1N2. The highest BCUT2D eigenvalue weighted by molar-refractivity contribution is 6.31. The molecule has 2 heterocycles. The van der Waals surface area contributed by atoms with E-state index in [1.807, 2.05) is 0 Å². The molecule has 6 nitrogen and oxygen atoms in total. The van der Waals surface area contributed by atoms with Crippen molar-refractivity contribution in [3.8, 4) is 0 Å². The number of nitro benzene ring substituents is 1. The predicted molar refractivity (Wildman–Crippen MR) is 74.8 cm³/mol. The Bertz CT molecular complexity index is 578. The van der Waals surface area contributed by atoms with E-state index in [4.69, 9.17) is 11.6 Å². The first-order valence-corrected chi connectivity index (χ1v) is 6.93. The number of nitrogens with zero attached hydrogens (tertiary/aromatic N) is 1. The van der Waals surface area contributed by atoms with Gasteiger partial charge in [-0.15, -0.1) is 0 Å². The Balaban J connectivity index is 1.78. The number of hydrogen-bond donors (Lipinski definition) is 2. The quantitative estimate of drug-likeness (QED) is 0.662. The largest absolute Gasteiger partial charge is 0.320 e. The zero-order chi connectivity index (χ0) is 14.3. The maximum atomic E-state index is 12.3. The Morgan fingerprint density at radius 2 is 2.25 bits per heavy atom. The highest BCUT2D eigenvalue weighted by Crippen LogP contribution is 2.35. The second-order valence-corrected chi connectivity index (χ2v) is 5.73. The smallest absolute Gasteiger partial charge is 0.294 e. The van der Waals surface area contributed by atoms with Gasteiger partial charge in [0, 0.05) is 23.2 Å². The molecule has 1 aromatic rings. The molecule has 2 aliphatic heterocycles. The van der Waals surface area contributed by atoms with Crippen molar-refractivity contribution in [3.63, 3.8) is 0 Å². The van der Waals surface area contributed by atoms with Crippen molar-refractivity contribution in [2.24, 2.45) is 5.92 Å². The third-order valence-electron chi connectivity index (χ3n) is 4.05. The van der Waals surface area contributed by atoms with Crippen molar-refractivity contribution < 1.29 is 9.72 Å². The molecule has 1 amide bonds. The zero-order valence-electron chi connectivity index (χ0n) is 10.6. The van der Waals surface area contributed by atoms with E-state index in [0.717, 1.165) is 19.3 Å². The van der Waals surface area contributed by atoms with Crippen LogP contribution in [0.5, 0.6) is 0 Å². The van der Waals surface area contributed by atoms with Crippen molar-refractivity contribution in [3.05, 3.63) is 33.3 Å². The molecule has 3 rings (SSSR count). The number of amides is 1. The van der Waals surface area contributed by atoms with Crippen molar-refractivity contribution in [2.45, 2.75) is 31.3 Å². The Morgan fingerprint density at radius 1 is 1.45 bits per heavy atom. The van der Waals surface area contributed by atoms with Crippen LogP contribution in [0, 0.1) is 16.0 Å². The first kappa shape index (κ1) is 13.3. The van der Waals surface area contributed by atoms with E-state index in [2.05, 4.69) is 10.6 Å². The molecule has 7 heteroatoms. The molecule has 2 fully saturated rings. The standard InChI is InChI=1S/C13H14ClN3O3/c14-7-1-3-11(12(5-7)17(19)20)16-13(18)9-6-8-2-4-10(9)15-8/h1,3,5,8-10,15H,2,4,6H2,(H,16,18). The third kappa shape index (κ3) is 2.36. The van der Waals surface area contributed by atoms with Gasteiger partial charge in [0.15, 0.2) is 0 Å². The van der Waals surface area contributed by atoms with Crippen molar-refractivity contribution >= 4 is 28.9 Å². The zero-order valence-corrected chi connectivity index (χ0v) is 11.4. The molecule has 3 atom stereocenters. The fraction of sp³-hybridized carbons (Fsp3) is 0.462. The summed E-state index contributed by atoms with van der Waals surface area (Å²) in [6.07, 6.45) is 2.90. The lowest BCUT2D eigenvalue weighted by Gasteiger charge is -2.19. The molecule has 20 heavy (non-hydrogen) atoms. The van der Waals surface area contributed by atoms with Crippen LogP contribution >= 0.6 is 11.6 Å². The van der Waals surface area contributed by atoms with Gasteiger partial charge >= 0.3 is 0 Å². The maximum Gasteiger partial charge on any atom is 0.294 e. The summed E-state index contributed by atoms with van der Waals surface area (Å²) < 4.78 is 0. The van der Waals surface area contributed by atoms with Gasteiger partial charge in [-0.05, 0) is 31.4 Å². The van der Waals surface area contributed by atoms with E-state index in [9.17, 15) is 14.9 Å². The van der Waals surface area contributed by atoms with Crippen LogP contribution < -0.4 is 10.6 Å². The molecular weight excluding hydrogens is 282 g/mol. The van der Waals surface area contributed by atoms with E-state index in [1.165, 1.54) is 18.2 Å². The summed E-state index contributed by atoms with van der Waals surface area (Å²) in [5.74, 6) is -0.265. The minimum absolute atomic E-state index is 0.107. The molecule has 2 bridgehead atoms. The van der Waals surface area contributed by atoms with Crippen molar-refractivity contribution in [1.29, 1.82) is 0 Å². The number of hydrogen-bond acceptors (Lipinski definition) is 4. The molecule has 3 unspecified atom stereocenters. The van der Waals surface area contributed by atoms with Gasteiger partial charge in [-0.1, -0.05) is 11.6 Å². The van der Waals surface area contributed by atoms with Crippen LogP contribution in [0.1, 0.15) is 19.3 Å². The third-order valence-corrected chi connectivity index (χ3v) is 4.29. The number of carbonyl (C=O) groups is 1. The normalized spacial score (nSPS) is 27.6. The molecule has 0 spiro atoms. The van der Waals surface area contributed by atoms with E-state index < -0.39 is 4.92 Å². The summed E-state index contributed by atoms with van der Waals surface area (Å²) >= 11 is 5.75. The van der Waals surface area contributed by atoms with Gasteiger partial charge < -0.3 is 10.6 Å². The minimum atomic E-state index is -0.541. The van der Waals surface area contributed by atoms with Crippen LogP contribution in [-0.2, 0) is 4.79 Å². The Kier molecular flexibility index (Phi) is 3.35. The summed E-state index contributed by atoms with van der Waals surface area (Å²) in [7, 11) is 0. The van der Waals surface area contributed by atoms with E-state index in [1.54, 1.807) is 0 Å². The number of nitrogens with one attached hydrogen (secondary N) is 2. The second kappa shape index (κ2) is 5.03. The van der Waals surface area contributed by atoms with Gasteiger partial charge in [-0.3, -0.25) is 14.9 Å². The number of benzene rings is 1. The number of fused-ring (bicyclic) bond motifs is 2. The highest BCUT2D eigenvalue weighted by atomic mass is 35.5. The molecule has 106 valence electrons. The summed E-state index contributed by atoms with van der Waals surface area (Å²) in [5, 5.41) is 17.3. The van der Waals surface area contributed by atoms with Crippen LogP contribution in [0.2, 0.25) is 5.02 Å². The first-order valence-electron chi connectivity index (χ1n) is 6.55.